The van der Waals surface area contributed by atoms with Crippen LogP contribution in [0.5, 0.6) is 11.5 Å². The lowest BCUT2D eigenvalue weighted by atomic mass is 10.3. The van der Waals surface area contributed by atoms with Crippen LogP contribution in [0.1, 0.15) is 17.6 Å². The van der Waals surface area contributed by atoms with E-state index < -0.39 is 0 Å². The van der Waals surface area contributed by atoms with E-state index in [2.05, 4.69) is 10.1 Å². The molecule has 1 aromatic carbocycles. The van der Waals surface area contributed by atoms with Gasteiger partial charge in [-0.2, -0.15) is 5.10 Å². The molecule has 2 heterocycles. The normalized spacial score (nSPS) is 10.6. The SMILES string of the molecule is CCn1cc(OCc2csc(COc3ccccc3)n2)cn1. The van der Waals surface area contributed by atoms with E-state index in [1.165, 1.54) is 0 Å². The van der Waals surface area contributed by atoms with Crippen molar-refractivity contribution in [1.82, 2.24) is 14.8 Å². The lowest BCUT2D eigenvalue weighted by molar-refractivity contribution is 0.294. The first-order chi connectivity index (χ1) is 10.8. The van der Waals surface area contributed by atoms with Crippen molar-refractivity contribution in [2.45, 2.75) is 26.7 Å². The number of thiazole rings is 1. The molecule has 3 aromatic rings. The van der Waals surface area contributed by atoms with Crippen molar-refractivity contribution in [3.8, 4) is 11.5 Å². The van der Waals surface area contributed by atoms with E-state index in [1.54, 1.807) is 17.5 Å². The predicted molar refractivity (Wildman–Crippen MR) is 85.1 cm³/mol. The number of rotatable bonds is 7. The topological polar surface area (TPSA) is 49.2 Å². The van der Waals surface area contributed by atoms with E-state index in [0.29, 0.717) is 13.2 Å². The minimum Gasteiger partial charge on any atom is -0.486 e. The second-order valence-electron chi connectivity index (χ2n) is 4.65. The van der Waals surface area contributed by atoms with Gasteiger partial charge in [0, 0.05) is 11.9 Å². The van der Waals surface area contributed by atoms with Crippen LogP contribution in [0.3, 0.4) is 0 Å². The van der Waals surface area contributed by atoms with Crippen LogP contribution < -0.4 is 9.47 Å². The van der Waals surface area contributed by atoms with Gasteiger partial charge in [-0.1, -0.05) is 18.2 Å². The summed E-state index contributed by atoms with van der Waals surface area (Å²) >= 11 is 1.58. The van der Waals surface area contributed by atoms with Gasteiger partial charge in [0.1, 0.15) is 24.0 Å². The molecule has 0 aliphatic carbocycles. The molecule has 3 rings (SSSR count). The van der Waals surface area contributed by atoms with Gasteiger partial charge in [-0.15, -0.1) is 11.3 Å². The van der Waals surface area contributed by atoms with Crippen molar-refractivity contribution < 1.29 is 9.47 Å². The highest BCUT2D eigenvalue weighted by atomic mass is 32.1. The third-order valence-electron chi connectivity index (χ3n) is 3.03. The Morgan fingerprint density at radius 2 is 1.91 bits per heavy atom. The van der Waals surface area contributed by atoms with Crippen molar-refractivity contribution in [2.75, 3.05) is 0 Å². The summed E-state index contributed by atoms with van der Waals surface area (Å²) in [6.45, 7) is 3.79. The molecule has 0 atom stereocenters. The van der Waals surface area contributed by atoms with Gasteiger partial charge in [-0.3, -0.25) is 4.68 Å². The summed E-state index contributed by atoms with van der Waals surface area (Å²) < 4.78 is 13.2. The molecule has 0 saturated carbocycles. The third kappa shape index (κ3) is 3.85. The zero-order valence-electron chi connectivity index (χ0n) is 12.3. The van der Waals surface area contributed by atoms with Gasteiger partial charge >= 0.3 is 0 Å². The van der Waals surface area contributed by atoms with Crippen LogP contribution in [-0.4, -0.2) is 14.8 Å². The maximum atomic E-state index is 5.68. The van der Waals surface area contributed by atoms with Crippen molar-refractivity contribution in [1.29, 1.82) is 0 Å². The molecule has 0 amide bonds. The van der Waals surface area contributed by atoms with Crippen LogP contribution in [0.4, 0.5) is 0 Å². The molecule has 0 N–H and O–H groups in total. The zero-order chi connectivity index (χ0) is 15.2. The number of aromatic nitrogens is 3. The van der Waals surface area contributed by atoms with Crippen molar-refractivity contribution in [2.24, 2.45) is 0 Å². The smallest absolute Gasteiger partial charge is 0.157 e. The molecular weight excluding hydrogens is 298 g/mol. The molecule has 0 spiro atoms. The van der Waals surface area contributed by atoms with E-state index in [0.717, 1.165) is 28.7 Å². The molecule has 0 radical (unpaired) electrons. The Hall–Kier alpha value is -2.34. The van der Waals surface area contributed by atoms with Gasteiger partial charge in [0.2, 0.25) is 0 Å². The Morgan fingerprint density at radius 1 is 1.09 bits per heavy atom. The molecule has 22 heavy (non-hydrogen) atoms. The molecule has 114 valence electrons. The third-order valence-corrected chi connectivity index (χ3v) is 3.90. The van der Waals surface area contributed by atoms with Gasteiger partial charge in [-0.25, -0.2) is 4.98 Å². The lowest BCUT2D eigenvalue weighted by Crippen LogP contribution is -1.98. The summed E-state index contributed by atoms with van der Waals surface area (Å²) in [6, 6.07) is 9.73. The maximum Gasteiger partial charge on any atom is 0.157 e. The molecule has 0 aliphatic heterocycles. The molecule has 5 nitrogen and oxygen atoms in total. The van der Waals surface area contributed by atoms with Gasteiger partial charge in [0.25, 0.3) is 0 Å². The summed E-state index contributed by atoms with van der Waals surface area (Å²) in [5.74, 6) is 1.61. The fraction of sp³-hybridized carbons (Fsp3) is 0.250. The molecule has 2 aromatic heterocycles. The Balaban J connectivity index is 1.50. The minimum atomic E-state index is 0.442. The first-order valence-corrected chi connectivity index (χ1v) is 7.98. The van der Waals surface area contributed by atoms with E-state index in [1.807, 2.05) is 53.5 Å². The van der Waals surface area contributed by atoms with Crippen molar-refractivity contribution in [3.05, 3.63) is 58.8 Å². The minimum absolute atomic E-state index is 0.442. The standard InChI is InChI=1S/C16H17N3O2S/c1-2-19-9-15(8-17-19)20-10-13-12-22-16(18-13)11-21-14-6-4-3-5-7-14/h3-9,12H,2,10-11H2,1H3. The summed E-state index contributed by atoms with van der Waals surface area (Å²) in [4.78, 5) is 4.51. The molecule has 0 aliphatic rings. The average molecular weight is 315 g/mol. The van der Waals surface area contributed by atoms with Crippen LogP contribution in [0.25, 0.3) is 0 Å². The van der Waals surface area contributed by atoms with Crippen molar-refractivity contribution in [3.63, 3.8) is 0 Å². The van der Waals surface area contributed by atoms with Gasteiger partial charge in [-0.05, 0) is 19.1 Å². The van der Waals surface area contributed by atoms with Crippen LogP contribution in [0, 0.1) is 0 Å². The lowest BCUT2D eigenvalue weighted by Gasteiger charge is -2.03. The van der Waals surface area contributed by atoms with Crippen molar-refractivity contribution >= 4 is 11.3 Å². The molecule has 0 fully saturated rings. The Bertz CT molecular complexity index is 709. The molecule has 0 bridgehead atoms. The van der Waals surface area contributed by atoms with E-state index in [9.17, 15) is 0 Å². The molecular formula is C16H17N3O2S. The van der Waals surface area contributed by atoms with Crippen LogP contribution in [0.2, 0.25) is 0 Å². The fourth-order valence-electron chi connectivity index (χ4n) is 1.89. The Labute approximate surface area is 133 Å². The number of nitrogens with zero attached hydrogens (tertiary/aromatic N) is 3. The largest absolute Gasteiger partial charge is 0.486 e. The molecule has 0 saturated heterocycles. The summed E-state index contributed by atoms with van der Waals surface area (Å²) in [5.41, 5.74) is 0.904. The number of hydrogen-bond donors (Lipinski definition) is 0. The number of benzene rings is 1. The Morgan fingerprint density at radius 3 is 2.68 bits per heavy atom. The van der Waals surface area contributed by atoms with E-state index in [4.69, 9.17) is 9.47 Å². The first kappa shape index (κ1) is 14.6. The first-order valence-electron chi connectivity index (χ1n) is 7.10. The highest BCUT2D eigenvalue weighted by Crippen LogP contribution is 2.16. The monoisotopic (exact) mass is 315 g/mol. The quantitative estimate of drug-likeness (QED) is 0.669. The fourth-order valence-corrected chi connectivity index (χ4v) is 2.58. The van der Waals surface area contributed by atoms with E-state index in [-0.39, 0.29) is 0 Å². The van der Waals surface area contributed by atoms with Gasteiger partial charge in [0.15, 0.2) is 5.75 Å². The molecule has 6 heteroatoms. The van der Waals surface area contributed by atoms with E-state index >= 15 is 0 Å². The average Bonchev–Trinajstić information content (AvgIpc) is 3.21. The number of para-hydroxylation sites is 1. The second-order valence-corrected chi connectivity index (χ2v) is 5.60. The number of aryl methyl sites for hydroxylation is 1. The summed E-state index contributed by atoms with van der Waals surface area (Å²) in [7, 11) is 0. The van der Waals surface area contributed by atoms with Crippen LogP contribution in [0.15, 0.2) is 48.1 Å². The van der Waals surface area contributed by atoms with Gasteiger partial charge in [0.05, 0.1) is 18.1 Å². The zero-order valence-corrected chi connectivity index (χ0v) is 13.1. The highest BCUT2D eigenvalue weighted by molar-refractivity contribution is 7.09. The highest BCUT2D eigenvalue weighted by Gasteiger charge is 2.05. The van der Waals surface area contributed by atoms with Crippen LogP contribution >= 0.6 is 11.3 Å². The number of ether oxygens (including phenoxy) is 2. The second kappa shape index (κ2) is 7.09. The summed E-state index contributed by atoms with van der Waals surface area (Å²) in [6.07, 6.45) is 3.60. The molecule has 0 unspecified atom stereocenters. The summed E-state index contributed by atoms with van der Waals surface area (Å²) in [5, 5.41) is 7.10. The predicted octanol–water partition coefficient (Wildman–Crippen LogP) is 3.52. The number of hydrogen-bond acceptors (Lipinski definition) is 5. The maximum absolute atomic E-state index is 5.68. The van der Waals surface area contributed by atoms with Crippen LogP contribution in [-0.2, 0) is 19.8 Å². The Kier molecular flexibility index (Phi) is 4.70. The van der Waals surface area contributed by atoms with Gasteiger partial charge < -0.3 is 9.47 Å².